The number of rotatable bonds is 8. The molecule has 1 aliphatic heterocycles. The number of nitrogens with one attached hydrogen (secondary N) is 1. The lowest BCUT2D eigenvalue weighted by atomic mass is 10.1. The summed E-state index contributed by atoms with van der Waals surface area (Å²) in [6.45, 7) is 6.92. The summed E-state index contributed by atoms with van der Waals surface area (Å²) in [6.07, 6.45) is 1.47. The number of amides is 2. The number of likely N-dealkylation sites (tertiary alicyclic amines) is 1. The first-order valence-corrected chi connectivity index (χ1v) is 10.8. The van der Waals surface area contributed by atoms with Gasteiger partial charge in [-0.3, -0.25) is 19.7 Å². The third-order valence-electron chi connectivity index (χ3n) is 5.50. The van der Waals surface area contributed by atoms with Gasteiger partial charge in [0.2, 0.25) is 5.91 Å². The summed E-state index contributed by atoms with van der Waals surface area (Å²) in [4.78, 5) is 38.0. The topological polar surface area (TPSA) is 102 Å². The Morgan fingerprint density at radius 2 is 1.97 bits per heavy atom. The summed E-state index contributed by atoms with van der Waals surface area (Å²) in [6, 6.07) is 11.6. The molecule has 1 aliphatic rings. The van der Waals surface area contributed by atoms with Crippen molar-refractivity contribution >= 4 is 17.5 Å². The van der Waals surface area contributed by atoms with Gasteiger partial charge in [-0.1, -0.05) is 24.3 Å². The van der Waals surface area contributed by atoms with Crippen molar-refractivity contribution in [1.82, 2.24) is 10.2 Å². The molecular weight excluding hydrogens is 410 g/mol. The van der Waals surface area contributed by atoms with E-state index in [0.29, 0.717) is 37.2 Å². The molecule has 0 bridgehead atoms. The van der Waals surface area contributed by atoms with Crippen LogP contribution in [0.3, 0.4) is 0 Å². The SMILES string of the molecule is Cc1cc(C(=O)N2CCCC2C(=O)NCc2cccc(COC(C)C)c2)ccc1[N+](=O)[O-]. The number of carbonyl (C=O) groups is 2. The lowest BCUT2D eigenvalue weighted by Gasteiger charge is -2.24. The maximum Gasteiger partial charge on any atom is 0.272 e. The van der Waals surface area contributed by atoms with Crippen molar-refractivity contribution in [2.45, 2.75) is 58.9 Å². The highest BCUT2D eigenvalue weighted by molar-refractivity contribution is 5.98. The largest absolute Gasteiger partial charge is 0.374 e. The number of nitrogens with zero attached hydrogens (tertiary/aromatic N) is 2. The molecule has 170 valence electrons. The Morgan fingerprint density at radius 3 is 2.66 bits per heavy atom. The second-order valence-electron chi connectivity index (χ2n) is 8.31. The number of ether oxygens (including phenoxy) is 1. The predicted octanol–water partition coefficient (Wildman–Crippen LogP) is 3.75. The number of nitro groups is 1. The Kier molecular flexibility index (Phi) is 7.58. The van der Waals surface area contributed by atoms with Crippen molar-refractivity contribution in [3.05, 3.63) is 74.8 Å². The third-order valence-corrected chi connectivity index (χ3v) is 5.50. The predicted molar refractivity (Wildman–Crippen MR) is 120 cm³/mol. The third kappa shape index (κ3) is 5.70. The highest BCUT2D eigenvalue weighted by Gasteiger charge is 2.34. The Hall–Kier alpha value is -3.26. The molecule has 0 aromatic heterocycles. The molecule has 1 unspecified atom stereocenters. The molecule has 1 atom stereocenters. The van der Waals surface area contributed by atoms with Gasteiger partial charge in [-0.05, 0) is 56.9 Å². The zero-order chi connectivity index (χ0) is 23.3. The summed E-state index contributed by atoms with van der Waals surface area (Å²) in [5.41, 5.74) is 2.74. The van der Waals surface area contributed by atoms with E-state index < -0.39 is 11.0 Å². The van der Waals surface area contributed by atoms with Gasteiger partial charge in [0.15, 0.2) is 0 Å². The average Bonchev–Trinajstić information content (AvgIpc) is 3.25. The Morgan fingerprint density at radius 1 is 1.22 bits per heavy atom. The molecule has 1 heterocycles. The molecule has 1 fully saturated rings. The summed E-state index contributed by atoms with van der Waals surface area (Å²) in [5.74, 6) is -0.480. The lowest BCUT2D eigenvalue weighted by Crippen LogP contribution is -2.45. The summed E-state index contributed by atoms with van der Waals surface area (Å²) in [7, 11) is 0. The highest BCUT2D eigenvalue weighted by Crippen LogP contribution is 2.24. The summed E-state index contributed by atoms with van der Waals surface area (Å²) < 4.78 is 5.63. The quantitative estimate of drug-likeness (QED) is 0.499. The van der Waals surface area contributed by atoms with E-state index in [-0.39, 0.29) is 23.6 Å². The van der Waals surface area contributed by atoms with Gasteiger partial charge < -0.3 is 15.0 Å². The fraction of sp³-hybridized carbons (Fsp3) is 0.417. The average molecular weight is 440 g/mol. The monoisotopic (exact) mass is 439 g/mol. The lowest BCUT2D eigenvalue weighted by molar-refractivity contribution is -0.385. The van der Waals surface area contributed by atoms with Gasteiger partial charge in [0.05, 0.1) is 17.6 Å². The van der Waals surface area contributed by atoms with Gasteiger partial charge in [-0.25, -0.2) is 0 Å². The fourth-order valence-electron chi connectivity index (χ4n) is 3.84. The van der Waals surface area contributed by atoms with E-state index in [1.54, 1.807) is 11.8 Å². The van der Waals surface area contributed by atoms with Gasteiger partial charge >= 0.3 is 0 Å². The minimum Gasteiger partial charge on any atom is -0.374 e. The first-order chi connectivity index (χ1) is 15.3. The van der Waals surface area contributed by atoms with Crippen LogP contribution in [0, 0.1) is 17.0 Å². The van der Waals surface area contributed by atoms with Crippen molar-refractivity contribution in [3.63, 3.8) is 0 Å². The zero-order valence-corrected chi connectivity index (χ0v) is 18.7. The normalized spacial score (nSPS) is 15.8. The van der Waals surface area contributed by atoms with Crippen molar-refractivity contribution in [1.29, 1.82) is 0 Å². The van der Waals surface area contributed by atoms with Gasteiger partial charge in [-0.2, -0.15) is 0 Å². The first-order valence-electron chi connectivity index (χ1n) is 10.8. The van der Waals surface area contributed by atoms with Gasteiger partial charge in [0.1, 0.15) is 6.04 Å². The fourth-order valence-corrected chi connectivity index (χ4v) is 3.84. The Bertz CT molecular complexity index is 1000. The van der Waals surface area contributed by atoms with Gasteiger partial charge in [-0.15, -0.1) is 0 Å². The van der Waals surface area contributed by atoms with Crippen molar-refractivity contribution in [2.24, 2.45) is 0 Å². The maximum atomic E-state index is 13.0. The van der Waals surface area contributed by atoms with Crippen molar-refractivity contribution in [3.8, 4) is 0 Å². The first kappa shape index (κ1) is 23.4. The van der Waals surface area contributed by atoms with Crippen LogP contribution in [0.4, 0.5) is 5.69 Å². The van der Waals surface area contributed by atoms with Gasteiger partial charge in [0.25, 0.3) is 11.6 Å². The van der Waals surface area contributed by atoms with E-state index in [1.807, 2.05) is 38.1 Å². The molecule has 2 aromatic carbocycles. The number of nitro benzene ring substituents is 1. The summed E-state index contributed by atoms with van der Waals surface area (Å²) >= 11 is 0. The molecular formula is C24H29N3O5. The number of carbonyl (C=O) groups excluding carboxylic acids is 2. The second-order valence-corrected chi connectivity index (χ2v) is 8.31. The molecule has 0 saturated carbocycles. The van der Waals surface area contributed by atoms with Crippen molar-refractivity contribution in [2.75, 3.05) is 6.54 Å². The molecule has 8 nitrogen and oxygen atoms in total. The molecule has 0 aliphatic carbocycles. The standard InChI is InChI=1S/C24H29N3O5/c1-16(2)32-15-19-7-4-6-18(13-19)14-25-23(28)22-8-5-11-26(22)24(29)20-9-10-21(27(30)31)17(3)12-20/h4,6-7,9-10,12-13,16,22H,5,8,11,14-15H2,1-3H3,(H,25,28). The van der Waals surface area contributed by atoms with Crippen LogP contribution in [0.1, 0.15) is 53.7 Å². The molecule has 8 heteroatoms. The van der Waals surface area contributed by atoms with E-state index in [4.69, 9.17) is 4.74 Å². The zero-order valence-electron chi connectivity index (χ0n) is 18.7. The van der Waals surface area contributed by atoms with Crippen LogP contribution in [-0.4, -0.2) is 40.3 Å². The number of aryl methyl sites for hydroxylation is 1. The minimum absolute atomic E-state index is 0.0294. The highest BCUT2D eigenvalue weighted by atomic mass is 16.6. The number of hydrogen-bond acceptors (Lipinski definition) is 5. The number of benzene rings is 2. The molecule has 32 heavy (non-hydrogen) atoms. The minimum atomic E-state index is -0.551. The van der Waals surface area contributed by atoms with Crippen LogP contribution < -0.4 is 5.32 Å². The maximum absolute atomic E-state index is 13.0. The van der Waals surface area contributed by atoms with Crippen molar-refractivity contribution < 1.29 is 19.2 Å². The Balaban J connectivity index is 1.63. The van der Waals surface area contributed by atoms with Crippen LogP contribution in [0.25, 0.3) is 0 Å². The van der Waals surface area contributed by atoms with Crippen LogP contribution in [-0.2, 0) is 22.7 Å². The smallest absolute Gasteiger partial charge is 0.272 e. The molecule has 0 spiro atoms. The van der Waals surface area contributed by atoms with E-state index in [9.17, 15) is 19.7 Å². The van der Waals surface area contributed by atoms with Crippen LogP contribution in [0.15, 0.2) is 42.5 Å². The molecule has 0 radical (unpaired) electrons. The molecule has 3 rings (SSSR count). The second kappa shape index (κ2) is 10.4. The van der Waals surface area contributed by atoms with E-state index >= 15 is 0 Å². The van der Waals surface area contributed by atoms with Crippen LogP contribution in [0.2, 0.25) is 0 Å². The van der Waals surface area contributed by atoms with Crippen LogP contribution >= 0.6 is 0 Å². The van der Waals surface area contributed by atoms with Gasteiger partial charge in [0, 0.05) is 30.3 Å². The number of hydrogen-bond donors (Lipinski definition) is 1. The van der Waals surface area contributed by atoms with E-state index in [0.717, 1.165) is 17.5 Å². The molecule has 2 amide bonds. The Labute approximate surface area is 187 Å². The molecule has 2 aromatic rings. The van der Waals surface area contributed by atoms with E-state index in [2.05, 4.69) is 5.32 Å². The molecule has 1 N–H and O–H groups in total. The van der Waals surface area contributed by atoms with E-state index in [1.165, 1.54) is 18.2 Å². The molecule has 1 saturated heterocycles. The summed E-state index contributed by atoms with van der Waals surface area (Å²) in [5, 5.41) is 14.0. The van der Waals surface area contributed by atoms with Crippen LogP contribution in [0.5, 0.6) is 0 Å².